The second kappa shape index (κ2) is 7.36. The summed E-state index contributed by atoms with van der Waals surface area (Å²) in [6, 6.07) is 8.17. The number of hydrogen-bond donors (Lipinski definition) is 2. The van der Waals surface area contributed by atoms with E-state index in [0.29, 0.717) is 27.7 Å². The Labute approximate surface area is 136 Å². The Kier molecular flexibility index (Phi) is 5.50. The first-order chi connectivity index (χ1) is 10.5. The number of rotatable bonds is 5. The Morgan fingerprint density at radius 2 is 2.27 bits per heavy atom. The Hall–Kier alpha value is -1.94. The van der Waals surface area contributed by atoms with Crippen molar-refractivity contribution in [3.05, 3.63) is 51.6 Å². The van der Waals surface area contributed by atoms with E-state index in [0.717, 1.165) is 4.90 Å². The first kappa shape index (κ1) is 16.4. The number of hydrogen-bond acceptors (Lipinski definition) is 3. The van der Waals surface area contributed by atoms with Crippen molar-refractivity contribution >= 4 is 33.8 Å². The van der Waals surface area contributed by atoms with Crippen LogP contribution in [-0.2, 0) is 11.3 Å². The van der Waals surface area contributed by atoms with E-state index in [1.54, 1.807) is 30.6 Å². The van der Waals surface area contributed by atoms with E-state index in [4.69, 9.17) is 16.9 Å². The second-order valence-electron chi connectivity index (χ2n) is 4.83. The lowest BCUT2D eigenvalue weighted by molar-refractivity contribution is -0.885. The van der Waals surface area contributed by atoms with Crippen molar-refractivity contribution in [3.8, 4) is 6.07 Å². The highest BCUT2D eigenvalue weighted by atomic mass is 35.5. The summed E-state index contributed by atoms with van der Waals surface area (Å²) in [5.74, 6) is -0.610. The molecule has 4 nitrogen and oxygen atoms in total. The standard InChI is InChI=1S/C15H13ClFN3OS/c1-20(8-11-12(16)3-2-4-13(11)17)9-14(21)19-15-10(7-18)5-6-22-15/h2-6H,8-9H2,1H3,(H,19,21)/p+1. The number of benzene rings is 1. The highest BCUT2D eigenvalue weighted by Gasteiger charge is 2.16. The number of nitrogens with zero attached hydrogens (tertiary/aromatic N) is 1. The van der Waals surface area contributed by atoms with E-state index in [1.807, 2.05) is 6.07 Å². The van der Waals surface area contributed by atoms with Gasteiger partial charge in [-0.15, -0.1) is 11.3 Å². The molecule has 0 saturated heterocycles. The Morgan fingerprint density at radius 1 is 1.50 bits per heavy atom. The van der Waals surface area contributed by atoms with Crippen LogP contribution < -0.4 is 10.2 Å². The summed E-state index contributed by atoms with van der Waals surface area (Å²) < 4.78 is 13.7. The van der Waals surface area contributed by atoms with Crippen LogP contribution in [-0.4, -0.2) is 19.5 Å². The largest absolute Gasteiger partial charge is 0.326 e. The Bertz CT molecular complexity index is 706. The molecule has 1 amide bonds. The predicted molar refractivity (Wildman–Crippen MR) is 84.5 cm³/mol. The van der Waals surface area contributed by atoms with Crippen molar-refractivity contribution in [1.82, 2.24) is 0 Å². The fourth-order valence-corrected chi connectivity index (χ4v) is 2.99. The van der Waals surface area contributed by atoms with Crippen LogP contribution in [0, 0.1) is 17.1 Å². The van der Waals surface area contributed by atoms with Crippen LogP contribution in [0.3, 0.4) is 0 Å². The third-order valence-electron chi connectivity index (χ3n) is 3.04. The third-order valence-corrected chi connectivity index (χ3v) is 4.23. The van der Waals surface area contributed by atoms with Gasteiger partial charge in [-0.1, -0.05) is 17.7 Å². The van der Waals surface area contributed by atoms with Crippen LogP contribution >= 0.6 is 22.9 Å². The molecule has 0 saturated carbocycles. The minimum Gasteiger partial charge on any atom is -0.326 e. The number of anilines is 1. The normalized spacial score (nSPS) is 11.7. The summed E-state index contributed by atoms with van der Waals surface area (Å²) in [6.45, 7) is 0.446. The third kappa shape index (κ3) is 4.04. The van der Waals surface area contributed by atoms with Gasteiger partial charge in [0.2, 0.25) is 0 Å². The molecular weight excluding hydrogens is 325 g/mol. The smallest absolute Gasteiger partial charge is 0.280 e. The molecule has 1 atom stereocenters. The van der Waals surface area contributed by atoms with Gasteiger partial charge in [-0.05, 0) is 23.6 Å². The zero-order valence-corrected chi connectivity index (χ0v) is 13.4. The van der Waals surface area contributed by atoms with Crippen LogP contribution in [0.15, 0.2) is 29.6 Å². The molecule has 2 N–H and O–H groups in total. The topological polar surface area (TPSA) is 57.3 Å². The minimum atomic E-state index is -0.378. The van der Waals surface area contributed by atoms with Crippen molar-refractivity contribution in [2.24, 2.45) is 0 Å². The van der Waals surface area contributed by atoms with Crippen LogP contribution in [0.1, 0.15) is 11.1 Å². The number of thiophene rings is 1. The molecule has 1 aromatic heterocycles. The van der Waals surface area contributed by atoms with Crippen LogP contribution in [0.4, 0.5) is 9.39 Å². The van der Waals surface area contributed by atoms with Crippen LogP contribution in [0.25, 0.3) is 0 Å². The van der Waals surface area contributed by atoms with E-state index in [2.05, 4.69) is 5.32 Å². The van der Waals surface area contributed by atoms with Gasteiger partial charge < -0.3 is 10.2 Å². The van der Waals surface area contributed by atoms with Gasteiger partial charge in [-0.3, -0.25) is 4.79 Å². The molecule has 0 spiro atoms. The van der Waals surface area contributed by atoms with Gasteiger partial charge in [-0.2, -0.15) is 5.26 Å². The zero-order chi connectivity index (χ0) is 16.1. The molecule has 0 aliphatic heterocycles. The first-order valence-electron chi connectivity index (χ1n) is 6.53. The molecule has 0 radical (unpaired) electrons. The molecule has 0 aliphatic rings. The van der Waals surface area contributed by atoms with Crippen molar-refractivity contribution in [1.29, 1.82) is 5.26 Å². The summed E-state index contributed by atoms with van der Waals surface area (Å²) in [5, 5.41) is 14.2. The van der Waals surface area contributed by atoms with E-state index in [1.165, 1.54) is 17.4 Å². The van der Waals surface area contributed by atoms with Crippen molar-refractivity contribution < 1.29 is 14.1 Å². The van der Waals surface area contributed by atoms with E-state index < -0.39 is 0 Å². The molecule has 1 aromatic carbocycles. The molecule has 22 heavy (non-hydrogen) atoms. The number of carbonyl (C=O) groups is 1. The van der Waals surface area contributed by atoms with Crippen molar-refractivity contribution in [2.75, 3.05) is 18.9 Å². The van der Waals surface area contributed by atoms with Gasteiger partial charge in [0, 0.05) is 0 Å². The molecule has 114 valence electrons. The summed E-state index contributed by atoms with van der Waals surface area (Å²) in [7, 11) is 1.78. The lowest BCUT2D eigenvalue weighted by atomic mass is 10.2. The Balaban J connectivity index is 1.96. The molecular formula is C15H14ClFN3OS+. The van der Waals surface area contributed by atoms with Gasteiger partial charge in [-0.25, -0.2) is 4.39 Å². The zero-order valence-electron chi connectivity index (χ0n) is 11.8. The van der Waals surface area contributed by atoms with Gasteiger partial charge >= 0.3 is 0 Å². The summed E-state index contributed by atoms with van der Waals surface area (Å²) in [5.41, 5.74) is 0.830. The molecule has 0 aliphatic carbocycles. The highest BCUT2D eigenvalue weighted by molar-refractivity contribution is 7.14. The Morgan fingerprint density at radius 3 is 2.95 bits per heavy atom. The lowest BCUT2D eigenvalue weighted by Crippen LogP contribution is -3.08. The molecule has 2 aromatic rings. The fourth-order valence-electron chi connectivity index (χ4n) is 2.00. The van der Waals surface area contributed by atoms with Crippen LogP contribution in [0.5, 0.6) is 0 Å². The minimum absolute atomic E-state index is 0.146. The number of halogens is 2. The molecule has 1 heterocycles. The summed E-state index contributed by atoms with van der Waals surface area (Å²) in [6.07, 6.45) is 0. The maximum Gasteiger partial charge on any atom is 0.280 e. The molecule has 0 bridgehead atoms. The second-order valence-corrected chi connectivity index (χ2v) is 6.16. The predicted octanol–water partition coefficient (Wildman–Crippen LogP) is 2.07. The highest BCUT2D eigenvalue weighted by Crippen LogP contribution is 2.21. The van der Waals surface area contributed by atoms with Gasteiger partial charge in [0.15, 0.2) is 6.54 Å². The lowest BCUT2D eigenvalue weighted by Gasteiger charge is -2.15. The summed E-state index contributed by atoms with van der Waals surface area (Å²) >= 11 is 7.27. The number of amides is 1. The number of nitrogens with one attached hydrogen (secondary N) is 2. The van der Waals surface area contributed by atoms with Crippen molar-refractivity contribution in [2.45, 2.75) is 6.54 Å². The SMILES string of the molecule is C[NH+](CC(=O)Nc1sccc1C#N)Cc1c(F)cccc1Cl. The van der Waals surface area contributed by atoms with E-state index in [9.17, 15) is 9.18 Å². The monoisotopic (exact) mass is 338 g/mol. The number of carbonyl (C=O) groups excluding carboxylic acids is 1. The van der Waals surface area contributed by atoms with Gasteiger partial charge in [0.05, 0.1) is 23.2 Å². The first-order valence-corrected chi connectivity index (χ1v) is 7.78. The number of nitriles is 1. The van der Waals surface area contributed by atoms with Gasteiger partial charge in [0.25, 0.3) is 5.91 Å². The van der Waals surface area contributed by atoms with Crippen molar-refractivity contribution in [3.63, 3.8) is 0 Å². The maximum atomic E-state index is 13.7. The average Bonchev–Trinajstić information content (AvgIpc) is 2.90. The average molecular weight is 339 g/mol. The van der Waals surface area contributed by atoms with Crippen LogP contribution in [0.2, 0.25) is 5.02 Å². The summed E-state index contributed by atoms with van der Waals surface area (Å²) in [4.78, 5) is 12.8. The molecule has 7 heteroatoms. The fraction of sp³-hybridized carbons (Fsp3) is 0.200. The molecule has 2 rings (SSSR count). The molecule has 1 unspecified atom stereocenters. The van der Waals surface area contributed by atoms with Gasteiger partial charge in [0.1, 0.15) is 23.4 Å². The number of quaternary nitrogens is 1. The quantitative estimate of drug-likeness (QED) is 0.877. The number of likely N-dealkylation sites (N-methyl/N-ethyl adjacent to an activating group) is 1. The maximum absolute atomic E-state index is 13.7. The molecule has 0 fully saturated rings. The van der Waals surface area contributed by atoms with E-state index >= 15 is 0 Å². The van der Waals surface area contributed by atoms with E-state index in [-0.39, 0.29) is 18.3 Å².